The van der Waals surface area contributed by atoms with Crippen molar-refractivity contribution in [1.29, 1.82) is 5.41 Å². The highest BCUT2D eigenvalue weighted by atomic mass is 32.2. The Morgan fingerprint density at radius 1 is 1.03 bits per heavy atom. The van der Waals surface area contributed by atoms with E-state index in [1.54, 1.807) is 23.6 Å². The van der Waals surface area contributed by atoms with E-state index in [0.29, 0.717) is 24.5 Å². The second-order valence-electron chi connectivity index (χ2n) is 9.97. The SMILES string of the molecule is CCS(=O)(=O)Nc1cc(C(=O)Cn2c(=N)n(Cc3ccccc3)c3ccccc32)cc2c1OCC2(C)C. The number of hydrogen-bond donors (Lipinski definition) is 2. The molecule has 8 nitrogen and oxygen atoms in total. The van der Waals surface area contributed by atoms with Gasteiger partial charge < -0.3 is 13.9 Å². The molecule has 0 bridgehead atoms. The van der Waals surface area contributed by atoms with Crippen LogP contribution in [0.5, 0.6) is 5.75 Å². The maximum Gasteiger partial charge on any atom is 0.232 e. The van der Waals surface area contributed by atoms with E-state index >= 15 is 0 Å². The zero-order chi connectivity index (χ0) is 26.4. The van der Waals surface area contributed by atoms with Crippen molar-refractivity contribution >= 4 is 32.5 Å². The lowest BCUT2D eigenvalue weighted by Gasteiger charge is -2.17. The summed E-state index contributed by atoms with van der Waals surface area (Å²) in [6, 6.07) is 20.9. The number of ketones is 1. The highest BCUT2D eigenvalue weighted by molar-refractivity contribution is 7.92. The Kier molecular flexibility index (Phi) is 6.19. The first-order chi connectivity index (χ1) is 17.6. The van der Waals surface area contributed by atoms with Crippen LogP contribution in [-0.4, -0.2) is 35.7 Å². The Bertz CT molecular complexity index is 1670. The molecule has 3 aromatic carbocycles. The monoisotopic (exact) mass is 518 g/mol. The summed E-state index contributed by atoms with van der Waals surface area (Å²) < 4.78 is 36.7. The summed E-state index contributed by atoms with van der Waals surface area (Å²) in [5.41, 5.74) is 3.98. The molecular formula is C28H30N4O4S. The van der Waals surface area contributed by atoms with Gasteiger partial charge in [0, 0.05) is 16.5 Å². The van der Waals surface area contributed by atoms with Gasteiger partial charge in [-0.25, -0.2) is 8.42 Å². The van der Waals surface area contributed by atoms with E-state index in [-0.39, 0.29) is 34.8 Å². The minimum atomic E-state index is -3.57. The molecule has 2 heterocycles. The molecule has 0 fully saturated rings. The molecule has 192 valence electrons. The number of rotatable bonds is 8. The van der Waals surface area contributed by atoms with Crippen LogP contribution in [0.25, 0.3) is 11.0 Å². The smallest absolute Gasteiger partial charge is 0.232 e. The van der Waals surface area contributed by atoms with E-state index in [0.717, 1.165) is 22.2 Å². The highest BCUT2D eigenvalue weighted by Crippen LogP contribution is 2.44. The Morgan fingerprint density at radius 3 is 2.35 bits per heavy atom. The quantitative estimate of drug-likeness (QED) is 0.340. The van der Waals surface area contributed by atoms with Crippen LogP contribution in [0.1, 0.15) is 42.3 Å². The summed E-state index contributed by atoms with van der Waals surface area (Å²) in [6.07, 6.45) is 0. The number of anilines is 1. The topological polar surface area (TPSA) is 106 Å². The number of carbonyl (C=O) groups is 1. The molecule has 2 N–H and O–H groups in total. The van der Waals surface area contributed by atoms with Crippen molar-refractivity contribution in [3.63, 3.8) is 0 Å². The van der Waals surface area contributed by atoms with Gasteiger partial charge in [0.2, 0.25) is 15.6 Å². The predicted molar refractivity (Wildman–Crippen MR) is 144 cm³/mol. The van der Waals surface area contributed by atoms with Gasteiger partial charge in [-0.3, -0.25) is 14.9 Å². The third-order valence-corrected chi connectivity index (χ3v) is 8.11. The number of imidazole rings is 1. The number of nitrogens with zero attached hydrogens (tertiary/aromatic N) is 2. The molecule has 4 aromatic rings. The fourth-order valence-corrected chi connectivity index (χ4v) is 5.34. The van der Waals surface area contributed by atoms with Gasteiger partial charge >= 0.3 is 0 Å². The summed E-state index contributed by atoms with van der Waals surface area (Å²) in [5.74, 6) is 0.151. The Morgan fingerprint density at radius 2 is 1.68 bits per heavy atom. The van der Waals surface area contributed by atoms with Crippen molar-refractivity contribution in [3.8, 4) is 5.75 Å². The molecule has 0 atom stereocenters. The number of ether oxygens (including phenoxy) is 1. The van der Waals surface area contributed by atoms with Gasteiger partial charge in [-0.05, 0) is 36.8 Å². The first-order valence-electron chi connectivity index (χ1n) is 12.2. The number of hydrogen-bond acceptors (Lipinski definition) is 5. The van der Waals surface area contributed by atoms with Gasteiger partial charge in [0.1, 0.15) is 5.75 Å². The standard InChI is InChI=1S/C28H30N4O4S/c1-4-37(34,35)30-22-15-20(14-21-26(22)36-18-28(21,2)3)25(33)17-32-24-13-9-8-12-23(24)31(27(32)29)16-19-10-6-5-7-11-19/h5-15,29-30H,4,16-18H2,1-3H3. The summed E-state index contributed by atoms with van der Waals surface area (Å²) in [7, 11) is -3.57. The summed E-state index contributed by atoms with van der Waals surface area (Å²) in [6.45, 7) is 6.40. The van der Waals surface area contributed by atoms with Gasteiger partial charge in [-0.15, -0.1) is 0 Å². The minimum absolute atomic E-state index is 0.0544. The molecular weight excluding hydrogens is 488 g/mol. The lowest BCUT2D eigenvalue weighted by atomic mass is 9.85. The van der Waals surface area contributed by atoms with Gasteiger partial charge in [0.25, 0.3) is 0 Å². The molecule has 0 aliphatic carbocycles. The molecule has 5 rings (SSSR count). The van der Waals surface area contributed by atoms with Crippen LogP contribution in [0, 0.1) is 5.41 Å². The third kappa shape index (κ3) is 4.67. The van der Waals surface area contributed by atoms with Gasteiger partial charge in [0.15, 0.2) is 5.78 Å². The fourth-order valence-electron chi connectivity index (χ4n) is 4.71. The van der Waals surface area contributed by atoms with Gasteiger partial charge in [0.05, 0.1) is 42.2 Å². The lowest BCUT2D eigenvalue weighted by Crippen LogP contribution is -2.28. The predicted octanol–water partition coefficient (Wildman–Crippen LogP) is 4.29. The number of carbonyl (C=O) groups excluding carboxylic acids is 1. The molecule has 0 spiro atoms. The summed E-state index contributed by atoms with van der Waals surface area (Å²) in [5, 5.41) is 8.91. The second-order valence-corrected chi connectivity index (χ2v) is 12.0. The van der Waals surface area contributed by atoms with Crippen LogP contribution in [0.3, 0.4) is 0 Å². The van der Waals surface area contributed by atoms with Gasteiger partial charge in [-0.1, -0.05) is 56.3 Å². The average molecular weight is 519 g/mol. The van der Waals surface area contributed by atoms with Crippen LogP contribution in [0.2, 0.25) is 0 Å². The largest absolute Gasteiger partial charge is 0.490 e. The van der Waals surface area contributed by atoms with Crippen LogP contribution >= 0.6 is 0 Å². The number of fused-ring (bicyclic) bond motifs is 2. The molecule has 37 heavy (non-hydrogen) atoms. The number of benzene rings is 3. The number of sulfonamides is 1. The van der Waals surface area contributed by atoms with Crippen molar-refractivity contribution in [2.75, 3.05) is 17.1 Å². The van der Waals surface area contributed by atoms with Crippen LogP contribution in [0.4, 0.5) is 5.69 Å². The number of Topliss-reactive ketones (excluding diaryl/α,β-unsaturated/α-hetero) is 1. The normalized spacial score (nSPS) is 14.4. The Balaban J connectivity index is 1.56. The zero-order valence-corrected chi connectivity index (χ0v) is 21.9. The Hall–Kier alpha value is -3.85. The molecule has 9 heteroatoms. The third-order valence-electron chi connectivity index (χ3n) is 6.82. The van der Waals surface area contributed by atoms with E-state index in [1.807, 2.05) is 73.0 Å². The molecule has 1 aliphatic rings. The van der Waals surface area contributed by atoms with E-state index in [1.165, 1.54) is 0 Å². The van der Waals surface area contributed by atoms with E-state index in [4.69, 9.17) is 10.1 Å². The van der Waals surface area contributed by atoms with Crippen molar-refractivity contribution < 1.29 is 17.9 Å². The molecule has 0 radical (unpaired) electrons. The molecule has 0 unspecified atom stereocenters. The highest BCUT2D eigenvalue weighted by Gasteiger charge is 2.35. The minimum Gasteiger partial charge on any atom is -0.490 e. The lowest BCUT2D eigenvalue weighted by molar-refractivity contribution is 0.0971. The summed E-state index contributed by atoms with van der Waals surface area (Å²) >= 11 is 0. The van der Waals surface area contributed by atoms with Crippen LogP contribution in [-0.2, 0) is 28.5 Å². The first kappa shape index (κ1) is 24.8. The van der Waals surface area contributed by atoms with E-state index in [9.17, 15) is 13.2 Å². The van der Waals surface area contributed by atoms with Crippen molar-refractivity contribution in [3.05, 3.63) is 89.0 Å². The first-order valence-corrected chi connectivity index (χ1v) is 13.9. The molecule has 0 amide bonds. The van der Waals surface area contributed by atoms with Crippen molar-refractivity contribution in [2.45, 2.75) is 39.3 Å². The maximum absolute atomic E-state index is 13.6. The number of para-hydroxylation sites is 2. The zero-order valence-electron chi connectivity index (χ0n) is 21.1. The number of aromatic nitrogens is 2. The number of nitrogens with one attached hydrogen (secondary N) is 2. The molecule has 0 saturated carbocycles. The van der Waals surface area contributed by atoms with Crippen LogP contribution in [0.15, 0.2) is 66.7 Å². The van der Waals surface area contributed by atoms with E-state index < -0.39 is 10.0 Å². The summed E-state index contributed by atoms with van der Waals surface area (Å²) in [4.78, 5) is 13.6. The van der Waals surface area contributed by atoms with Gasteiger partial charge in [-0.2, -0.15) is 0 Å². The van der Waals surface area contributed by atoms with Crippen molar-refractivity contribution in [1.82, 2.24) is 9.13 Å². The fraction of sp³-hybridized carbons (Fsp3) is 0.286. The molecule has 1 aromatic heterocycles. The molecule has 0 saturated heterocycles. The second kappa shape index (κ2) is 9.23. The van der Waals surface area contributed by atoms with E-state index in [2.05, 4.69) is 4.72 Å². The maximum atomic E-state index is 13.6. The average Bonchev–Trinajstić information content (AvgIpc) is 3.33. The van der Waals surface area contributed by atoms with Crippen LogP contribution < -0.4 is 15.1 Å². The van der Waals surface area contributed by atoms with Crippen molar-refractivity contribution in [2.24, 2.45) is 0 Å². The molecule has 1 aliphatic heterocycles. The Labute approximate surface area is 216 Å².